The van der Waals surface area contributed by atoms with Gasteiger partial charge in [0.15, 0.2) is 34.9 Å². The number of aromatic nitrogens is 8. The number of thiophene rings is 2. The Hall–Kier alpha value is -14.4. The van der Waals surface area contributed by atoms with Crippen LogP contribution in [0.1, 0.15) is 0 Å². The van der Waals surface area contributed by atoms with Crippen molar-refractivity contribution in [2.24, 2.45) is 0 Å². The summed E-state index contributed by atoms with van der Waals surface area (Å²) in [5, 5.41) is 10.1. The zero-order valence-electron chi connectivity index (χ0n) is 60.3. The van der Waals surface area contributed by atoms with Gasteiger partial charge in [0, 0.05) is 95.3 Å². The third kappa shape index (κ3) is 11.7. The van der Waals surface area contributed by atoms with Crippen molar-refractivity contribution in [1.29, 1.82) is 0 Å². The molecule has 0 fully saturated rings. The molecule has 0 saturated heterocycles. The SMILES string of the molecule is c1ccc(-c2ccc(-c3nc(-c4ccccc4)nc(-c4ccccc4-n4c5ccccc5c5c6c(ccc54)sc4ccc(-c5ccccc5)cc46)n3)cc2)cc1.c1ccc(-c2ccc(-c3nc(-c4ccccc4)nc(-c4ccccc4-n4c5ccccc5c5c6c(ccc54)sc4cccc(-c5ccccc5)c46)n3)cc2)cc1. The van der Waals surface area contributed by atoms with Gasteiger partial charge >= 0.3 is 0 Å². The normalized spacial score (nSPS) is 11.6. The van der Waals surface area contributed by atoms with E-state index in [-0.39, 0.29) is 0 Å². The van der Waals surface area contributed by atoms with Crippen LogP contribution in [0.25, 0.3) is 208 Å². The van der Waals surface area contributed by atoms with Gasteiger partial charge in [-0.15, -0.1) is 22.7 Å². The fourth-order valence-electron chi connectivity index (χ4n) is 16.2. The first-order valence-corrected chi connectivity index (χ1v) is 39.2. The Morgan fingerprint density at radius 1 is 0.170 bits per heavy atom. The number of para-hydroxylation sites is 4. The van der Waals surface area contributed by atoms with Crippen LogP contribution in [0, 0.1) is 0 Å². The summed E-state index contributed by atoms with van der Waals surface area (Å²) in [6.45, 7) is 0. The first-order chi connectivity index (χ1) is 55.5. The molecule has 10 heteroatoms. The molecule has 22 rings (SSSR count). The number of rotatable bonds is 12. The Bertz CT molecular complexity index is 7330. The molecular weight excluding hydrogens is 1400 g/mol. The first kappa shape index (κ1) is 65.8. The summed E-state index contributed by atoms with van der Waals surface area (Å²) in [4.78, 5) is 30.9. The zero-order valence-corrected chi connectivity index (χ0v) is 62.0. The van der Waals surface area contributed by atoms with Gasteiger partial charge < -0.3 is 9.13 Å². The molecule has 6 heterocycles. The van der Waals surface area contributed by atoms with Crippen LogP contribution in [-0.2, 0) is 0 Å². The highest BCUT2D eigenvalue weighted by atomic mass is 32.1. The molecule has 524 valence electrons. The van der Waals surface area contributed by atoms with Crippen LogP contribution >= 0.6 is 22.7 Å². The highest BCUT2D eigenvalue weighted by Gasteiger charge is 2.26. The molecule has 0 amide bonds. The van der Waals surface area contributed by atoms with E-state index >= 15 is 0 Å². The van der Waals surface area contributed by atoms with E-state index in [1.54, 1.807) is 0 Å². The van der Waals surface area contributed by atoms with Crippen molar-refractivity contribution in [3.05, 3.63) is 388 Å². The molecule has 0 bridgehead atoms. The first-order valence-electron chi connectivity index (χ1n) is 37.6. The Morgan fingerprint density at radius 3 is 0.955 bits per heavy atom. The molecule has 6 aromatic heterocycles. The Kier molecular flexibility index (Phi) is 16.4. The molecule has 0 aliphatic carbocycles. The molecular formula is C102H64N8S2. The van der Waals surface area contributed by atoms with E-state index in [1.807, 2.05) is 71.2 Å². The van der Waals surface area contributed by atoms with Crippen molar-refractivity contribution in [3.8, 4) is 124 Å². The van der Waals surface area contributed by atoms with Gasteiger partial charge in [0.2, 0.25) is 0 Å². The molecule has 16 aromatic carbocycles. The molecule has 0 saturated carbocycles. The van der Waals surface area contributed by atoms with E-state index in [0.717, 1.165) is 77.9 Å². The number of hydrogen-bond donors (Lipinski definition) is 0. The lowest BCUT2D eigenvalue weighted by Crippen LogP contribution is -2.03. The van der Waals surface area contributed by atoms with Crippen molar-refractivity contribution in [1.82, 2.24) is 39.0 Å². The number of fused-ring (bicyclic) bond motifs is 14. The molecule has 8 nitrogen and oxygen atoms in total. The lowest BCUT2D eigenvalue weighted by Gasteiger charge is -2.14. The van der Waals surface area contributed by atoms with Crippen LogP contribution in [0.2, 0.25) is 0 Å². The van der Waals surface area contributed by atoms with Gasteiger partial charge in [0.05, 0.1) is 33.4 Å². The Morgan fingerprint density at radius 2 is 0.482 bits per heavy atom. The zero-order chi connectivity index (χ0) is 74.0. The summed E-state index contributed by atoms with van der Waals surface area (Å²) in [6, 6.07) is 137. The fourth-order valence-corrected chi connectivity index (χ4v) is 18.4. The lowest BCUT2D eigenvalue weighted by molar-refractivity contribution is 1.06. The quantitative estimate of drug-likeness (QED) is 0.121. The van der Waals surface area contributed by atoms with E-state index in [0.29, 0.717) is 34.9 Å². The minimum atomic E-state index is 0.621. The Balaban J connectivity index is 0.000000141. The summed E-state index contributed by atoms with van der Waals surface area (Å²) >= 11 is 3.72. The monoisotopic (exact) mass is 1460 g/mol. The van der Waals surface area contributed by atoms with Gasteiger partial charge in [-0.2, -0.15) is 0 Å². The maximum atomic E-state index is 5.23. The third-order valence-corrected chi connectivity index (χ3v) is 23.6. The highest BCUT2D eigenvalue weighted by Crippen LogP contribution is 2.49. The second kappa shape index (κ2) is 28.0. The number of hydrogen-bond acceptors (Lipinski definition) is 8. The van der Waals surface area contributed by atoms with Gasteiger partial charge in [0.1, 0.15) is 0 Å². The number of benzene rings is 16. The van der Waals surface area contributed by atoms with Gasteiger partial charge in [-0.1, -0.05) is 309 Å². The summed E-state index contributed by atoms with van der Waals surface area (Å²) < 4.78 is 9.92. The van der Waals surface area contributed by atoms with Gasteiger partial charge in [-0.25, -0.2) is 29.9 Å². The van der Waals surface area contributed by atoms with E-state index in [4.69, 9.17) is 29.9 Å². The molecule has 0 spiro atoms. The van der Waals surface area contributed by atoms with Crippen LogP contribution in [0.3, 0.4) is 0 Å². The van der Waals surface area contributed by atoms with E-state index in [1.165, 1.54) is 95.3 Å². The van der Waals surface area contributed by atoms with Gasteiger partial charge in [-0.3, -0.25) is 0 Å². The van der Waals surface area contributed by atoms with Crippen molar-refractivity contribution < 1.29 is 0 Å². The van der Waals surface area contributed by atoms with Crippen LogP contribution in [0.4, 0.5) is 0 Å². The summed E-state index contributed by atoms with van der Waals surface area (Å²) in [5.41, 5.74) is 21.7. The van der Waals surface area contributed by atoms with E-state index in [2.05, 4.69) is 349 Å². The minimum Gasteiger partial charge on any atom is -0.308 e. The topological polar surface area (TPSA) is 87.2 Å². The summed E-state index contributed by atoms with van der Waals surface area (Å²) in [5.74, 6) is 3.77. The average molecular weight is 1470 g/mol. The molecule has 0 radical (unpaired) electrons. The van der Waals surface area contributed by atoms with E-state index in [9.17, 15) is 0 Å². The standard InChI is InChI=1S/2C51H32N4S/c1-4-15-33(16-5-1)34-27-29-37(30-28-34)50-52-49(36-19-8-3-9-20-36)53-51(54-50)40-22-11-13-25-42(40)55-41-24-12-10-21-39(41)46-43(55)31-32-45-48(46)47-38(23-14-26-44(47)56-45)35-17-6-2-7-18-35;1-4-14-33(15-5-1)35-24-26-37(27-25-35)50-52-49(36-18-8-3-9-19-36)53-51(54-50)40-21-11-13-23-43(40)55-42-22-12-10-20-39(42)47-44(55)29-31-46-48(47)41-32-38(28-30-45(41)56-46)34-16-6-2-7-17-34/h2*1-32H. The molecule has 22 aromatic rings. The smallest absolute Gasteiger partial charge is 0.166 e. The van der Waals surface area contributed by atoms with Crippen LogP contribution in [0.5, 0.6) is 0 Å². The lowest BCUT2D eigenvalue weighted by atomic mass is 9.97. The fraction of sp³-hybridized carbons (Fsp3) is 0. The highest BCUT2D eigenvalue weighted by molar-refractivity contribution is 7.26. The largest absolute Gasteiger partial charge is 0.308 e. The predicted molar refractivity (Wildman–Crippen MR) is 468 cm³/mol. The predicted octanol–water partition coefficient (Wildman–Crippen LogP) is 27.3. The number of nitrogens with zero attached hydrogens (tertiary/aromatic N) is 8. The van der Waals surface area contributed by atoms with Gasteiger partial charge in [-0.05, 0) is 123 Å². The Labute approximate surface area is 653 Å². The van der Waals surface area contributed by atoms with Gasteiger partial charge in [0.25, 0.3) is 0 Å². The second-order valence-corrected chi connectivity index (χ2v) is 30.1. The third-order valence-electron chi connectivity index (χ3n) is 21.4. The maximum Gasteiger partial charge on any atom is 0.166 e. The molecule has 0 unspecified atom stereocenters. The van der Waals surface area contributed by atoms with Crippen molar-refractivity contribution in [3.63, 3.8) is 0 Å². The molecule has 0 aliphatic heterocycles. The molecule has 0 atom stereocenters. The van der Waals surface area contributed by atoms with E-state index < -0.39 is 0 Å². The van der Waals surface area contributed by atoms with Crippen molar-refractivity contribution >= 4 is 107 Å². The van der Waals surface area contributed by atoms with Crippen LogP contribution in [0.15, 0.2) is 388 Å². The summed E-state index contributed by atoms with van der Waals surface area (Å²) in [6.07, 6.45) is 0. The molecule has 0 N–H and O–H groups in total. The van der Waals surface area contributed by atoms with Crippen LogP contribution in [-0.4, -0.2) is 39.0 Å². The molecule has 0 aliphatic rings. The van der Waals surface area contributed by atoms with Crippen molar-refractivity contribution in [2.45, 2.75) is 0 Å². The summed E-state index contributed by atoms with van der Waals surface area (Å²) in [7, 11) is 0. The van der Waals surface area contributed by atoms with Crippen LogP contribution < -0.4 is 0 Å². The minimum absolute atomic E-state index is 0.621. The van der Waals surface area contributed by atoms with Crippen molar-refractivity contribution in [2.75, 3.05) is 0 Å². The average Bonchev–Trinajstić information content (AvgIpc) is 1.56. The second-order valence-electron chi connectivity index (χ2n) is 28.0. The molecule has 112 heavy (non-hydrogen) atoms. The maximum absolute atomic E-state index is 5.23.